The Morgan fingerprint density at radius 2 is 1.00 bits per heavy atom. The van der Waals surface area contributed by atoms with Crippen LogP contribution in [-0.4, -0.2) is 5.78 Å². The summed E-state index contributed by atoms with van der Waals surface area (Å²) >= 11 is 0. The fraction of sp³-hybridized carbons (Fsp3) is 0.0741. The summed E-state index contributed by atoms with van der Waals surface area (Å²) in [6, 6.07) is 27.2. The molecule has 0 aliphatic rings. The summed E-state index contributed by atoms with van der Waals surface area (Å²) in [5.41, 5.74) is 3.55. The van der Waals surface area contributed by atoms with Gasteiger partial charge in [-0.15, -0.1) is 0 Å². The van der Waals surface area contributed by atoms with E-state index in [9.17, 15) is 13.6 Å². The highest BCUT2D eigenvalue weighted by molar-refractivity contribution is 6.10. The van der Waals surface area contributed by atoms with Crippen LogP contribution in [0.3, 0.4) is 0 Å². The Bertz CT molecular complexity index is 1120. The van der Waals surface area contributed by atoms with Gasteiger partial charge in [0, 0.05) is 35.6 Å². The fourth-order valence-electron chi connectivity index (χ4n) is 3.51. The Labute approximate surface area is 185 Å². The van der Waals surface area contributed by atoms with E-state index < -0.39 is 11.6 Å². The van der Waals surface area contributed by atoms with Crippen LogP contribution in [-0.2, 0) is 13.1 Å². The molecule has 0 spiro atoms. The van der Waals surface area contributed by atoms with Crippen LogP contribution in [0.1, 0.15) is 27.0 Å². The van der Waals surface area contributed by atoms with Gasteiger partial charge in [0.05, 0.1) is 0 Å². The second-order valence-electron chi connectivity index (χ2n) is 7.37. The lowest BCUT2D eigenvalue weighted by Gasteiger charge is -2.14. The fourth-order valence-corrected chi connectivity index (χ4v) is 3.51. The maximum absolute atomic E-state index is 14.0. The summed E-state index contributed by atoms with van der Waals surface area (Å²) in [5.74, 6) is -1.12. The second kappa shape index (κ2) is 9.88. The highest BCUT2D eigenvalue weighted by atomic mass is 19.1. The van der Waals surface area contributed by atoms with Gasteiger partial charge in [0.1, 0.15) is 11.6 Å². The van der Waals surface area contributed by atoms with Crippen LogP contribution < -0.4 is 10.6 Å². The molecule has 2 N–H and O–H groups in total. The summed E-state index contributed by atoms with van der Waals surface area (Å²) in [5, 5.41) is 6.43. The molecular formula is C27H22F2N2O. The van der Waals surface area contributed by atoms with Crippen molar-refractivity contribution >= 4 is 17.2 Å². The molecule has 160 valence electrons. The third-order valence-electron chi connectivity index (χ3n) is 5.14. The smallest absolute Gasteiger partial charge is 0.193 e. The average Bonchev–Trinajstić information content (AvgIpc) is 2.82. The summed E-state index contributed by atoms with van der Waals surface area (Å²) in [7, 11) is 0. The Kier molecular flexibility index (Phi) is 6.56. The molecule has 4 aromatic carbocycles. The van der Waals surface area contributed by atoms with E-state index in [1.165, 1.54) is 36.4 Å². The van der Waals surface area contributed by atoms with Gasteiger partial charge in [-0.1, -0.05) is 36.4 Å². The number of benzene rings is 4. The minimum absolute atomic E-state index is 0.278. The molecule has 0 saturated heterocycles. The first-order chi connectivity index (χ1) is 15.6. The van der Waals surface area contributed by atoms with Crippen LogP contribution >= 0.6 is 0 Å². The van der Waals surface area contributed by atoms with E-state index in [4.69, 9.17) is 0 Å². The number of hydrogen-bond acceptors (Lipinski definition) is 3. The summed E-state index contributed by atoms with van der Waals surface area (Å²) < 4.78 is 28.0. The van der Waals surface area contributed by atoms with E-state index in [0.717, 1.165) is 11.4 Å². The lowest BCUT2D eigenvalue weighted by atomic mass is 9.94. The molecule has 0 unspecified atom stereocenters. The number of nitrogens with one attached hydrogen (secondary N) is 2. The molecule has 4 aromatic rings. The highest BCUT2D eigenvalue weighted by Crippen LogP contribution is 2.22. The molecule has 0 atom stereocenters. The van der Waals surface area contributed by atoms with Crippen molar-refractivity contribution < 1.29 is 13.6 Å². The molecule has 0 radical (unpaired) electrons. The molecular weight excluding hydrogens is 406 g/mol. The number of anilines is 2. The number of ketones is 1. The van der Waals surface area contributed by atoms with Gasteiger partial charge < -0.3 is 10.6 Å². The van der Waals surface area contributed by atoms with Gasteiger partial charge in [-0.3, -0.25) is 4.79 Å². The van der Waals surface area contributed by atoms with E-state index in [0.29, 0.717) is 22.3 Å². The third-order valence-corrected chi connectivity index (χ3v) is 5.14. The molecule has 0 bridgehead atoms. The molecule has 4 rings (SSSR count). The Balaban J connectivity index is 1.61. The first-order valence-corrected chi connectivity index (χ1v) is 10.3. The molecule has 32 heavy (non-hydrogen) atoms. The van der Waals surface area contributed by atoms with Crippen LogP contribution in [0.2, 0.25) is 0 Å². The Morgan fingerprint density at radius 3 is 1.41 bits per heavy atom. The van der Waals surface area contributed by atoms with Crippen molar-refractivity contribution in [3.8, 4) is 0 Å². The Morgan fingerprint density at radius 1 is 0.594 bits per heavy atom. The van der Waals surface area contributed by atoms with E-state index in [-0.39, 0.29) is 18.9 Å². The summed E-state index contributed by atoms with van der Waals surface area (Å²) in [4.78, 5) is 13.4. The van der Waals surface area contributed by atoms with Gasteiger partial charge in [-0.25, -0.2) is 8.78 Å². The number of para-hydroxylation sites is 2. The maximum atomic E-state index is 14.0. The third kappa shape index (κ3) is 5.19. The van der Waals surface area contributed by atoms with Crippen molar-refractivity contribution in [2.75, 3.05) is 10.6 Å². The standard InChI is InChI=1S/C27H22F2N2O/c28-21-11-13-25(19(15-21)17-30-23-7-3-1-4-8-23)27(32)26-14-12-22(29)16-20(26)18-31-24-9-5-2-6-10-24/h1-16,30-31H,17-18H2. The zero-order valence-electron chi connectivity index (χ0n) is 17.3. The van der Waals surface area contributed by atoms with Crippen molar-refractivity contribution in [1.82, 2.24) is 0 Å². The number of carbonyl (C=O) groups excluding carboxylic acids is 1. The molecule has 0 heterocycles. The monoisotopic (exact) mass is 428 g/mol. The molecule has 0 aliphatic carbocycles. The van der Waals surface area contributed by atoms with Gasteiger partial charge in [0.15, 0.2) is 5.78 Å². The normalized spacial score (nSPS) is 10.6. The summed E-state index contributed by atoms with van der Waals surface area (Å²) in [6.45, 7) is 0.559. The van der Waals surface area contributed by atoms with Crippen molar-refractivity contribution in [3.63, 3.8) is 0 Å². The molecule has 0 aliphatic heterocycles. The minimum Gasteiger partial charge on any atom is -0.381 e. The molecule has 5 heteroatoms. The SMILES string of the molecule is O=C(c1ccc(F)cc1CNc1ccccc1)c1ccc(F)cc1CNc1ccccc1. The van der Waals surface area contributed by atoms with Crippen LogP contribution in [0.25, 0.3) is 0 Å². The molecule has 0 saturated carbocycles. The average molecular weight is 428 g/mol. The zero-order valence-corrected chi connectivity index (χ0v) is 17.3. The number of rotatable bonds is 8. The molecule has 0 amide bonds. The lowest BCUT2D eigenvalue weighted by molar-refractivity contribution is 0.103. The van der Waals surface area contributed by atoms with Crippen molar-refractivity contribution in [2.45, 2.75) is 13.1 Å². The number of halogens is 2. The van der Waals surface area contributed by atoms with Crippen LogP contribution in [0.15, 0.2) is 97.1 Å². The van der Waals surface area contributed by atoms with Gasteiger partial charge >= 0.3 is 0 Å². The lowest BCUT2D eigenvalue weighted by Crippen LogP contribution is -2.13. The van der Waals surface area contributed by atoms with E-state index in [1.807, 2.05) is 60.7 Å². The quantitative estimate of drug-likeness (QED) is 0.318. The van der Waals surface area contributed by atoms with Gasteiger partial charge in [-0.2, -0.15) is 0 Å². The van der Waals surface area contributed by atoms with Crippen molar-refractivity contribution in [3.05, 3.63) is 131 Å². The van der Waals surface area contributed by atoms with Crippen LogP contribution in [0, 0.1) is 11.6 Å². The van der Waals surface area contributed by atoms with Crippen molar-refractivity contribution in [2.24, 2.45) is 0 Å². The molecule has 0 fully saturated rings. The summed E-state index contributed by atoms with van der Waals surface area (Å²) in [6.07, 6.45) is 0. The van der Waals surface area contributed by atoms with E-state index in [2.05, 4.69) is 10.6 Å². The van der Waals surface area contributed by atoms with Crippen LogP contribution in [0.5, 0.6) is 0 Å². The van der Waals surface area contributed by atoms with E-state index >= 15 is 0 Å². The first-order valence-electron chi connectivity index (χ1n) is 10.3. The first kappa shape index (κ1) is 21.2. The largest absolute Gasteiger partial charge is 0.381 e. The highest BCUT2D eigenvalue weighted by Gasteiger charge is 2.18. The molecule has 0 aromatic heterocycles. The predicted octanol–water partition coefficient (Wildman–Crippen LogP) is 6.42. The predicted molar refractivity (Wildman–Crippen MR) is 124 cm³/mol. The van der Waals surface area contributed by atoms with Crippen LogP contribution in [0.4, 0.5) is 20.2 Å². The maximum Gasteiger partial charge on any atom is 0.193 e. The Hall–Kier alpha value is -3.99. The van der Waals surface area contributed by atoms with E-state index in [1.54, 1.807) is 0 Å². The zero-order chi connectivity index (χ0) is 22.3. The topological polar surface area (TPSA) is 41.1 Å². The van der Waals surface area contributed by atoms with Gasteiger partial charge in [-0.05, 0) is 71.8 Å². The second-order valence-corrected chi connectivity index (χ2v) is 7.37. The number of carbonyl (C=O) groups is 1. The van der Waals surface area contributed by atoms with Gasteiger partial charge in [0.25, 0.3) is 0 Å². The molecule has 3 nitrogen and oxygen atoms in total. The van der Waals surface area contributed by atoms with Gasteiger partial charge in [0.2, 0.25) is 0 Å². The number of hydrogen-bond donors (Lipinski definition) is 2. The minimum atomic E-state index is -0.420. The van der Waals surface area contributed by atoms with Crippen molar-refractivity contribution in [1.29, 1.82) is 0 Å².